The molecule has 0 radical (unpaired) electrons. The van der Waals surface area contributed by atoms with Crippen LogP contribution in [0.1, 0.15) is 20.3 Å². The molecule has 0 aromatic heterocycles. The van der Waals surface area contributed by atoms with E-state index in [4.69, 9.17) is 9.47 Å². The fraction of sp³-hybridized carbons (Fsp3) is 0.571. The topological polar surface area (TPSA) is 21.8 Å². The van der Waals surface area contributed by atoms with Gasteiger partial charge in [-0.25, -0.2) is 0 Å². The van der Waals surface area contributed by atoms with E-state index in [2.05, 4.69) is 36.4 Å². The summed E-state index contributed by atoms with van der Waals surface area (Å²) in [7, 11) is 1.70. The second-order valence-electron chi connectivity index (χ2n) is 4.64. The van der Waals surface area contributed by atoms with Crippen LogP contribution in [0.4, 0.5) is 0 Å². The van der Waals surface area contributed by atoms with Gasteiger partial charge in [-0.1, -0.05) is 28.6 Å². The molecular weight excluding hydrogens is 312 g/mol. The number of hydrogen-bond acceptors (Lipinski definition) is 3. The second kappa shape index (κ2) is 7.41. The van der Waals surface area contributed by atoms with Gasteiger partial charge in [-0.2, -0.15) is 11.8 Å². The molecule has 18 heavy (non-hydrogen) atoms. The van der Waals surface area contributed by atoms with E-state index in [1.807, 2.05) is 23.9 Å². The smallest absolute Gasteiger partial charge is 0.105 e. The van der Waals surface area contributed by atoms with Gasteiger partial charge in [0.15, 0.2) is 0 Å². The Labute approximate surface area is 123 Å². The van der Waals surface area contributed by atoms with Crippen LogP contribution in [-0.2, 0) is 9.47 Å². The number of hydrogen-bond donors (Lipinski definition) is 0. The van der Waals surface area contributed by atoms with Gasteiger partial charge in [0.2, 0.25) is 0 Å². The fourth-order valence-electron chi connectivity index (χ4n) is 1.52. The molecule has 1 atom stereocenters. The van der Waals surface area contributed by atoms with Gasteiger partial charge in [0.05, 0.1) is 24.6 Å². The summed E-state index contributed by atoms with van der Waals surface area (Å²) in [4.78, 5) is 0. The first-order valence-electron chi connectivity index (χ1n) is 5.98. The van der Waals surface area contributed by atoms with Crippen LogP contribution in [0.5, 0.6) is 0 Å². The highest BCUT2D eigenvalue weighted by Crippen LogP contribution is 2.38. The molecule has 1 rings (SSSR count). The Kier molecular flexibility index (Phi) is 6.53. The van der Waals surface area contributed by atoms with E-state index in [1.54, 1.807) is 13.2 Å². The summed E-state index contributed by atoms with van der Waals surface area (Å²) < 4.78 is 11.8. The molecule has 1 saturated heterocycles. The fourth-order valence-corrected chi connectivity index (χ4v) is 2.59. The Bertz CT molecular complexity index is 348. The lowest BCUT2D eigenvalue weighted by Gasteiger charge is -2.05. The lowest BCUT2D eigenvalue weighted by molar-refractivity contribution is 0.296. The summed E-state index contributed by atoms with van der Waals surface area (Å²) in [6.45, 7) is 7.95. The predicted molar refractivity (Wildman–Crippen MR) is 83.2 cm³/mol. The molecule has 2 nitrogen and oxygen atoms in total. The van der Waals surface area contributed by atoms with Crippen molar-refractivity contribution in [3.05, 3.63) is 35.0 Å². The molecule has 1 heterocycles. The summed E-state index contributed by atoms with van der Waals surface area (Å²) >= 11 is 5.25. The minimum Gasteiger partial charge on any atom is -0.500 e. The van der Waals surface area contributed by atoms with Gasteiger partial charge in [0, 0.05) is 4.48 Å². The van der Waals surface area contributed by atoms with Crippen LogP contribution >= 0.6 is 27.7 Å². The Morgan fingerprint density at radius 1 is 1.50 bits per heavy atom. The van der Waals surface area contributed by atoms with Gasteiger partial charge < -0.3 is 9.47 Å². The first-order valence-corrected chi connectivity index (χ1v) is 7.92. The molecule has 0 aromatic carbocycles. The third-order valence-corrected chi connectivity index (χ3v) is 4.42. The highest BCUT2D eigenvalue weighted by molar-refractivity contribution is 9.11. The number of halogens is 1. The van der Waals surface area contributed by atoms with Crippen molar-refractivity contribution >= 4 is 27.7 Å². The Morgan fingerprint density at radius 2 is 2.17 bits per heavy atom. The van der Waals surface area contributed by atoms with Crippen LogP contribution in [-0.4, -0.2) is 30.3 Å². The minimum absolute atomic E-state index is 0.109. The predicted octanol–water partition coefficient (Wildman–Crippen LogP) is 4.28. The van der Waals surface area contributed by atoms with Gasteiger partial charge in [0.1, 0.15) is 5.76 Å². The first kappa shape index (κ1) is 15.9. The molecule has 0 spiro atoms. The van der Waals surface area contributed by atoms with Crippen molar-refractivity contribution in [2.75, 3.05) is 18.6 Å². The van der Waals surface area contributed by atoms with Crippen LogP contribution in [0.15, 0.2) is 35.0 Å². The molecule has 0 aliphatic carbocycles. The SMILES string of the molecule is C=C/C(Br)=C\C=C(/CSCCC1OC1(C)C)OC. The van der Waals surface area contributed by atoms with Crippen molar-refractivity contribution in [1.82, 2.24) is 0 Å². The van der Waals surface area contributed by atoms with E-state index >= 15 is 0 Å². The van der Waals surface area contributed by atoms with E-state index < -0.39 is 0 Å². The molecule has 1 aliphatic heterocycles. The highest BCUT2D eigenvalue weighted by Gasteiger charge is 2.46. The summed E-state index contributed by atoms with van der Waals surface area (Å²) in [5.74, 6) is 2.95. The van der Waals surface area contributed by atoms with Crippen molar-refractivity contribution in [2.45, 2.75) is 32.0 Å². The van der Waals surface area contributed by atoms with E-state index in [0.717, 1.165) is 28.2 Å². The van der Waals surface area contributed by atoms with Crippen LogP contribution in [0.3, 0.4) is 0 Å². The molecule has 0 bridgehead atoms. The number of rotatable bonds is 8. The quantitative estimate of drug-likeness (QED) is 0.286. The minimum atomic E-state index is 0.109. The maximum atomic E-state index is 5.55. The molecule has 1 unspecified atom stereocenters. The third kappa shape index (κ3) is 5.63. The van der Waals surface area contributed by atoms with Gasteiger partial charge >= 0.3 is 0 Å². The number of thioether (sulfide) groups is 1. The van der Waals surface area contributed by atoms with Crippen molar-refractivity contribution in [1.29, 1.82) is 0 Å². The van der Waals surface area contributed by atoms with Crippen molar-refractivity contribution in [3.63, 3.8) is 0 Å². The lowest BCUT2D eigenvalue weighted by Crippen LogP contribution is -2.04. The molecule has 102 valence electrons. The summed E-state index contributed by atoms with van der Waals surface area (Å²) in [6, 6.07) is 0. The number of ether oxygens (including phenoxy) is 2. The molecular formula is C14H21BrO2S. The third-order valence-electron chi connectivity index (χ3n) is 2.82. The van der Waals surface area contributed by atoms with Gasteiger partial charge in [-0.3, -0.25) is 0 Å². The van der Waals surface area contributed by atoms with E-state index in [9.17, 15) is 0 Å². The standard InChI is InChI=1S/C14H21BrO2S/c1-5-11(15)6-7-12(16-4)10-18-9-8-13-14(2,3)17-13/h5-7,13H,1,8-10H2,2-4H3/b11-6+,12-7+. The zero-order valence-corrected chi connectivity index (χ0v) is 13.6. The van der Waals surface area contributed by atoms with Crippen LogP contribution in [0, 0.1) is 0 Å². The van der Waals surface area contributed by atoms with E-state index in [-0.39, 0.29) is 5.60 Å². The van der Waals surface area contributed by atoms with Crippen molar-refractivity contribution < 1.29 is 9.47 Å². The average molecular weight is 333 g/mol. The molecule has 1 fully saturated rings. The monoisotopic (exact) mass is 332 g/mol. The highest BCUT2D eigenvalue weighted by atomic mass is 79.9. The summed E-state index contributed by atoms with van der Waals surface area (Å²) in [6.07, 6.45) is 7.22. The van der Waals surface area contributed by atoms with Gasteiger partial charge in [0.25, 0.3) is 0 Å². The normalized spacial score (nSPS) is 22.8. The number of epoxide rings is 1. The van der Waals surface area contributed by atoms with Crippen LogP contribution in [0.25, 0.3) is 0 Å². The number of methoxy groups -OCH3 is 1. The van der Waals surface area contributed by atoms with Crippen LogP contribution in [0.2, 0.25) is 0 Å². The summed E-state index contributed by atoms with van der Waals surface area (Å²) in [5.41, 5.74) is 0.109. The molecule has 0 N–H and O–H groups in total. The summed E-state index contributed by atoms with van der Waals surface area (Å²) in [5, 5.41) is 0. The maximum Gasteiger partial charge on any atom is 0.105 e. The molecule has 0 amide bonds. The van der Waals surface area contributed by atoms with Crippen molar-refractivity contribution in [3.8, 4) is 0 Å². The zero-order valence-electron chi connectivity index (χ0n) is 11.2. The maximum absolute atomic E-state index is 5.55. The first-order chi connectivity index (χ1) is 8.49. The van der Waals surface area contributed by atoms with Gasteiger partial charge in [-0.15, -0.1) is 0 Å². The molecule has 0 saturated carbocycles. The Hall–Kier alpha value is -0.190. The average Bonchev–Trinajstić information content (AvgIpc) is 2.95. The largest absolute Gasteiger partial charge is 0.500 e. The molecule has 4 heteroatoms. The van der Waals surface area contributed by atoms with Crippen LogP contribution < -0.4 is 0 Å². The van der Waals surface area contributed by atoms with Gasteiger partial charge in [-0.05, 0) is 38.2 Å². The Morgan fingerprint density at radius 3 is 2.67 bits per heavy atom. The lowest BCUT2D eigenvalue weighted by atomic mass is 10.1. The van der Waals surface area contributed by atoms with E-state index in [0.29, 0.717) is 6.10 Å². The number of allylic oxidation sites excluding steroid dienone is 4. The Balaban J connectivity index is 2.21. The second-order valence-corrected chi connectivity index (χ2v) is 6.66. The van der Waals surface area contributed by atoms with E-state index in [1.165, 1.54) is 0 Å². The zero-order chi connectivity index (χ0) is 13.6. The molecule has 0 aromatic rings. The molecule has 1 aliphatic rings. The van der Waals surface area contributed by atoms with Crippen molar-refractivity contribution in [2.24, 2.45) is 0 Å².